The standard InChI is InChI=1S/C11H9N3/c1-2-4-11-9(3-1)8-14-10(7-12-11)5-6-13-14/h1-8,13H. The molecule has 3 nitrogen and oxygen atoms in total. The van der Waals surface area contributed by atoms with E-state index in [0.717, 1.165) is 16.3 Å². The van der Waals surface area contributed by atoms with Crippen LogP contribution in [0.2, 0.25) is 0 Å². The third-order valence-corrected chi connectivity index (χ3v) is 2.29. The number of fused-ring (bicyclic) bond motifs is 2. The number of hydrazine groups is 1. The van der Waals surface area contributed by atoms with Gasteiger partial charge < -0.3 is 5.43 Å². The molecule has 1 N–H and O–H groups in total. The highest BCUT2D eigenvalue weighted by Gasteiger charge is 2.08. The number of allylic oxidation sites excluding steroid dienone is 1. The molecule has 0 atom stereocenters. The van der Waals surface area contributed by atoms with Crippen molar-refractivity contribution < 1.29 is 0 Å². The van der Waals surface area contributed by atoms with Crippen molar-refractivity contribution in [1.82, 2.24) is 10.4 Å². The van der Waals surface area contributed by atoms with Crippen LogP contribution in [-0.2, 0) is 0 Å². The molecule has 2 aliphatic rings. The Kier molecular flexibility index (Phi) is 1.44. The highest BCUT2D eigenvalue weighted by Crippen LogP contribution is 2.10. The minimum atomic E-state index is 1.00. The molecule has 2 aliphatic heterocycles. The predicted molar refractivity (Wildman–Crippen MR) is 53.9 cm³/mol. The summed E-state index contributed by atoms with van der Waals surface area (Å²) in [4.78, 5) is 4.40. The molecule has 0 spiro atoms. The first-order valence-electron chi connectivity index (χ1n) is 4.50. The second-order valence-corrected chi connectivity index (χ2v) is 3.20. The maximum atomic E-state index is 4.40. The Bertz CT molecular complexity index is 540. The van der Waals surface area contributed by atoms with E-state index < -0.39 is 0 Å². The Labute approximate surface area is 81.4 Å². The number of nitrogens with zero attached hydrogens (tertiary/aromatic N) is 2. The monoisotopic (exact) mass is 183 g/mol. The van der Waals surface area contributed by atoms with Gasteiger partial charge in [-0.1, -0.05) is 18.2 Å². The predicted octanol–water partition coefficient (Wildman–Crippen LogP) is 0.233. The summed E-state index contributed by atoms with van der Waals surface area (Å²) < 4.78 is 0. The highest BCUT2D eigenvalue weighted by molar-refractivity contribution is 5.35. The number of para-hydroxylation sites is 1. The lowest BCUT2D eigenvalue weighted by Crippen LogP contribution is -2.29. The van der Waals surface area contributed by atoms with Gasteiger partial charge in [0, 0.05) is 17.6 Å². The summed E-state index contributed by atoms with van der Waals surface area (Å²) >= 11 is 0. The maximum absolute atomic E-state index is 4.40. The fourth-order valence-electron chi connectivity index (χ4n) is 1.56. The molecule has 3 rings (SSSR count). The van der Waals surface area contributed by atoms with Crippen LogP contribution in [0.25, 0.3) is 6.20 Å². The van der Waals surface area contributed by atoms with Gasteiger partial charge in [0.1, 0.15) is 0 Å². The van der Waals surface area contributed by atoms with E-state index in [1.807, 2.05) is 47.9 Å². The zero-order valence-electron chi connectivity index (χ0n) is 7.51. The summed E-state index contributed by atoms with van der Waals surface area (Å²) in [5.41, 5.74) is 4.17. The molecule has 0 saturated heterocycles. The number of rotatable bonds is 0. The van der Waals surface area contributed by atoms with E-state index in [1.54, 1.807) is 0 Å². The van der Waals surface area contributed by atoms with Crippen molar-refractivity contribution >= 4 is 6.20 Å². The summed E-state index contributed by atoms with van der Waals surface area (Å²) in [7, 11) is 0. The zero-order valence-corrected chi connectivity index (χ0v) is 7.51. The Morgan fingerprint density at radius 3 is 3.14 bits per heavy atom. The average Bonchev–Trinajstić information content (AvgIpc) is 2.58. The molecule has 0 saturated carbocycles. The molecular weight excluding hydrogens is 174 g/mol. The van der Waals surface area contributed by atoms with Crippen molar-refractivity contribution in [2.45, 2.75) is 0 Å². The smallest absolute Gasteiger partial charge is 0.0821 e. The van der Waals surface area contributed by atoms with Crippen molar-refractivity contribution in [1.29, 1.82) is 0 Å². The van der Waals surface area contributed by atoms with Crippen LogP contribution in [0.15, 0.2) is 53.4 Å². The first-order valence-corrected chi connectivity index (χ1v) is 4.50. The van der Waals surface area contributed by atoms with Crippen molar-refractivity contribution in [3.8, 4) is 0 Å². The van der Waals surface area contributed by atoms with E-state index >= 15 is 0 Å². The molecule has 14 heavy (non-hydrogen) atoms. The molecule has 0 aliphatic carbocycles. The van der Waals surface area contributed by atoms with Crippen molar-refractivity contribution in [3.05, 3.63) is 59.0 Å². The summed E-state index contributed by atoms with van der Waals surface area (Å²) in [6.45, 7) is 0. The minimum absolute atomic E-state index is 1.00. The lowest BCUT2D eigenvalue weighted by molar-refractivity contribution is 0.471. The molecule has 1 aromatic carbocycles. The number of hydrogen-bond acceptors (Lipinski definition) is 3. The van der Waals surface area contributed by atoms with Crippen LogP contribution in [0, 0.1) is 0 Å². The quantitative estimate of drug-likeness (QED) is 0.623. The molecule has 68 valence electrons. The largest absolute Gasteiger partial charge is 0.302 e. The first kappa shape index (κ1) is 7.38. The van der Waals surface area contributed by atoms with E-state index in [-0.39, 0.29) is 0 Å². The topological polar surface area (TPSA) is 27.6 Å². The van der Waals surface area contributed by atoms with Gasteiger partial charge in [-0.25, -0.2) is 0 Å². The lowest BCUT2D eigenvalue weighted by Gasteiger charge is -2.12. The van der Waals surface area contributed by atoms with Gasteiger partial charge in [0.15, 0.2) is 0 Å². The van der Waals surface area contributed by atoms with E-state index in [0.29, 0.717) is 0 Å². The van der Waals surface area contributed by atoms with E-state index in [1.165, 1.54) is 0 Å². The first-order chi connectivity index (χ1) is 6.93. The van der Waals surface area contributed by atoms with Crippen LogP contribution >= 0.6 is 0 Å². The lowest BCUT2D eigenvalue weighted by atomic mass is 10.3. The van der Waals surface area contributed by atoms with Gasteiger partial charge in [-0.3, -0.25) is 10.0 Å². The molecule has 0 radical (unpaired) electrons. The fraction of sp³-hybridized carbons (Fsp3) is 0. The molecule has 0 aromatic heterocycles. The second kappa shape index (κ2) is 2.73. The van der Waals surface area contributed by atoms with E-state index in [9.17, 15) is 0 Å². The van der Waals surface area contributed by atoms with Gasteiger partial charge >= 0.3 is 0 Å². The Morgan fingerprint density at radius 1 is 1.21 bits per heavy atom. The summed E-state index contributed by atoms with van der Waals surface area (Å²) in [6.07, 6.45) is 7.79. The number of benzene rings is 1. The van der Waals surface area contributed by atoms with Crippen LogP contribution in [0.3, 0.4) is 0 Å². The Morgan fingerprint density at radius 2 is 2.14 bits per heavy atom. The highest BCUT2D eigenvalue weighted by atomic mass is 15.5. The molecule has 2 heterocycles. The summed E-state index contributed by atoms with van der Waals surface area (Å²) in [5, 5.41) is 4.08. The van der Waals surface area contributed by atoms with Gasteiger partial charge in [0.05, 0.1) is 17.3 Å². The zero-order chi connectivity index (χ0) is 9.38. The van der Waals surface area contributed by atoms with Crippen LogP contribution in [0.1, 0.15) is 0 Å². The molecule has 1 aromatic rings. The Hall–Kier alpha value is -2.03. The summed E-state index contributed by atoms with van der Waals surface area (Å²) in [5.74, 6) is 0. The number of nitrogens with one attached hydrogen (secondary N) is 1. The third kappa shape index (κ3) is 1.03. The molecule has 3 heteroatoms. The van der Waals surface area contributed by atoms with Gasteiger partial charge in [-0.15, -0.1) is 0 Å². The van der Waals surface area contributed by atoms with Crippen LogP contribution in [-0.4, -0.2) is 5.01 Å². The van der Waals surface area contributed by atoms with E-state index in [2.05, 4.69) is 16.5 Å². The SMILES string of the molecule is C1=CC2=CN=c3ccccc3=CN2N1. The summed E-state index contributed by atoms with van der Waals surface area (Å²) in [6, 6.07) is 8.07. The molecule has 0 unspecified atom stereocenters. The molecule has 0 fully saturated rings. The molecular formula is C11H9N3. The minimum Gasteiger partial charge on any atom is -0.302 e. The van der Waals surface area contributed by atoms with E-state index in [4.69, 9.17) is 0 Å². The van der Waals surface area contributed by atoms with Crippen molar-refractivity contribution in [2.75, 3.05) is 0 Å². The second-order valence-electron chi connectivity index (χ2n) is 3.20. The fourth-order valence-corrected chi connectivity index (χ4v) is 1.56. The molecule has 0 amide bonds. The van der Waals surface area contributed by atoms with Gasteiger partial charge in [-0.05, 0) is 12.1 Å². The average molecular weight is 183 g/mol. The Balaban J connectivity index is 2.29. The molecule has 0 bridgehead atoms. The van der Waals surface area contributed by atoms with Gasteiger partial charge in [0.2, 0.25) is 0 Å². The van der Waals surface area contributed by atoms with Crippen molar-refractivity contribution in [2.24, 2.45) is 4.99 Å². The maximum Gasteiger partial charge on any atom is 0.0821 e. The van der Waals surface area contributed by atoms with Crippen LogP contribution in [0.5, 0.6) is 0 Å². The number of hydrogen-bond donors (Lipinski definition) is 1. The van der Waals surface area contributed by atoms with Crippen LogP contribution < -0.4 is 16.0 Å². The van der Waals surface area contributed by atoms with Gasteiger partial charge in [-0.2, -0.15) is 0 Å². The van der Waals surface area contributed by atoms with Crippen molar-refractivity contribution in [3.63, 3.8) is 0 Å². The normalized spacial score (nSPS) is 16.9. The van der Waals surface area contributed by atoms with Gasteiger partial charge in [0.25, 0.3) is 0 Å². The third-order valence-electron chi connectivity index (χ3n) is 2.29. The van der Waals surface area contributed by atoms with Crippen LogP contribution in [0.4, 0.5) is 0 Å².